The van der Waals surface area contributed by atoms with E-state index in [0.717, 1.165) is 5.76 Å². The summed E-state index contributed by atoms with van der Waals surface area (Å²) in [5, 5.41) is 3.14. The van der Waals surface area contributed by atoms with E-state index in [1.54, 1.807) is 58.5 Å². The molecule has 0 spiro atoms. The lowest BCUT2D eigenvalue weighted by Gasteiger charge is -2.34. The summed E-state index contributed by atoms with van der Waals surface area (Å²) in [7, 11) is 0. The highest BCUT2D eigenvalue weighted by Crippen LogP contribution is 2.18. The van der Waals surface area contributed by atoms with Gasteiger partial charge in [-0.3, -0.25) is 9.59 Å². The number of nitrogens with zero attached hydrogens (tertiary/aromatic N) is 2. The molecule has 3 aromatic rings. The van der Waals surface area contributed by atoms with E-state index in [4.69, 9.17) is 13.6 Å². The van der Waals surface area contributed by atoms with E-state index in [1.807, 2.05) is 6.07 Å². The monoisotopic (exact) mass is 437 g/mol. The maximum atomic E-state index is 12.6. The maximum Gasteiger partial charge on any atom is 0.340 e. The van der Waals surface area contributed by atoms with Crippen LogP contribution in [0.2, 0.25) is 0 Å². The molecule has 9 nitrogen and oxygen atoms in total. The van der Waals surface area contributed by atoms with Gasteiger partial charge in [-0.25, -0.2) is 4.79 Å². The fourth-order valence-electron chi connectivity index (χ4n) is 3.42. The summed E-state index contributed by atoms with van der Waals surface area (Å²) < 4.78 is 15.7. The summed E-state index contributed by atoms with van der Waals surface area (Å²) in [4.78, 5) is 40.6. The Bertz CT molecular complexity index is 1050. The van der Waals surface area contributed by atoms with Crippen molar-refractivity contribution < 1.29 is 28.0 Å². The number of carbonyl (C=O) groups excluding carboxylic acids is 3. The highest BCUT2D eigenvalue weighted by atomic mass is 16.5. The van der Waals surface area contributed by atoms with Gasteiger partial charge < -0.3 is 28.7 Å². The van der Waals surface area contributed by atoms with Crippen LogP contribution in [0.25, 0.3) is 0 Å². The number of amides is 2. The Labute approximate surface area is 184 Å². The molecule has 2 aromatic heterocycles. The van der Waals surface area contributed by atoms with Crippen LogP contribution < -0.4 is 5.32 Å². The summed E-state index contributed by atoms with van der Waals surface area (Å²) in [6, 6.07) is 13.8. The van der Waals surface area contributed by atoms with Crippen molar-refractivity contribution in [3.8, 4) is 0 Å². The van der Waals surface area contributed by atoms with Gasteiger partial charge in [-0.1, -0.05) is 12.1 Å². The second kappa shape index (κ2) is 9.86. The average Bonchev–Trinajstić information content (AvgIpc) is 3.55. The first-order valence-electron chi connectivity index (χ1n) is 10.2. The number of carbonyl (C=O) groups is 3. The standard InChI is InChI=1S/C23H23N3O6/c27-21(25-9-11-26(12-10-25)22(28)20-8-4-14-31-20)16-32-23(29)18-6-1-2-7-19(18)24-15-17-5-3-13-30-17/h1-8,13-14,24H,9-12,15-16H2. The summed E-state index contributed by atoms with van der Waals surface area (Å²) in [5.74, 6) is -0.0877. The van der Waals surface area contributed by atoms with Crippen LogP contribution in [-0.4, -0.2) is 60.4 Å². The fraction of sp³-hybridized carbons (Fsp3) is 0.261. The Hall–Kier alpha value is -4.01. The molecule has 0 radical (unpaired) electrons. The third-order valence-corrected chi connectivity index (χ3v) is 5.16. The van der Waals surface area contributed by atoms with Crippen molar-refractivity contribution in [3.63, 3.8) is 0 Å². The molecule has 3 heterocycles. The number of hydrogen-bond acceptors (Lipinski definition) is 7. The van der Waals surface area contributed by atoms with Gasteiger partial charge in [-0.05, 0) is 36.4 Å². The molecule has 0 atom stereocenters. The van der Waals surface area contributed by atoms with E-state index >= 15 is 0 Å². The molecule has 0 bridgehead atoms. The molecule has 1 aliphatic heterocycles. The summed E-state index contributed by atoms with van der Waals surface area (Å²) in [5.41, 5.74) is 0.923. The minimum absolute atomic E-state index is 0.202. The number of piperazine rings is 1. The van der Waals surface area contributed by atoms with Crippen molar-refractivity contribution in [2.45, 2.75) is 6.54 Å². The predicted octanol–water partition coefficient (Wildman–Crippen LogP) is 2.63. The topological polar surface area (TPSA) is 105 Å². The van der Waals surface area contributed by atoms with Crippen molar-refractivity contribution in [2.24, 2.45) is 0 Å². The molecule has 4 rings (SSSR count). The van der Waals surface area contributed by atoms with Crippen LogP contribution in [0, 0.1) is 0 Å². The molecule has 1 fully saturated rings. The molecule has 0 aliphatic carbocycles. The summed E-state index contributed by atoms with van der Waals surface area (Å²) in [6.07, 6.45) is 3.03. The zero-order valence-electron chi connectivity index (χ0n) is 17.4. The Kier molecular flexibility index (Phi) is 6.54. The number of nitrogens with one attached hydrogen (secondary N) is 1. The number of benzene rings is 1. The normalized spacial score (nSPS) is 13.6. The lowest BCUT2D eigenvalue weighted by Crippen LogP contribution is -2.51. The van der Waals surface area contributed by atoms with Crippen LogP contribution in [0.5, 0.6) is 0 Å². The lowest BCUT2D eigenvalue weighted by atomic mass is 10.2. The Morgan fingerprint density at radius 3 is 2.31 bits per heavy atom. The van der Waals surface area contributed by atoms with Crippen molar-refractivity contribution in [3.05, 3.63) is 78.1 Å². The van der Waals surface area contributed by atoms with Crippen LogP contribution >= 0.6 is 0 Å². The minimum Gasteiger partial charge on any atom is -0.467 e. The van der Waals surface area contributed by atoms with E-state index in [1.165, 1.54) is 6.26 Å². The molecule has 0 unspecified atom stereocenters. The molecule has 2 amide bonds. The summed E-state index contributed by atoms with van der Waals surface area (Å²) in [6.45, 7) is 1.56. The number of anilines is 1. The lowest BCUT2D eigenvalue weighted by molar-refractivity contribution is -0.136. The number of ether oxygens (including phenoxy) is 1. The Balaban J connectivity index is 1.26. The Morgan fingerprint density at radius 2 is 1.59 bits per heavy atom. The first-order chi connectivity index (χ1) is 15.6. The van der Waals surface area contributed by atoms with Crippen LogP contribution in [0.15, 0.2) is 69.9 Å². The van der Waals surface area contributed by atoms with E-state index in [2.05, 4.69) is 5.32 Å². The highest BCUT2D eigenvalue weighted by Gasteiger charge is 2.26. The minimum atomic E-state index is -0.590. The molecule has 1 aromatic carbocycles. The predicted molar refractivity (Wildman–Crippen MR) is 114 cm³/mol. The third-order valence-electron chi connectivity index (χ3n) is 5.16. The van der Waals surface area contributed by atoms with Crippen molar-refractivity contribution in [1.82, 2.24) is 9.80 Å². The molecule has 32 heavy (non-hydrogen) atoms. The number of furan rings is 2. The van der Waals surface area contributed by atoms with Crippen LogP contribution in [0.4, 0.5) is 5.69 Å². The van der Waals surface area contributed by atoms with Crippen LogP contribution in [-0.2, 0) is 16.1 Å². The second-order valence-electron chi connectivity index (χ2n) is 7.20. The van der Waals surface area contributed by atoms with Gasteiger partial charge >= 0.3 is 5.97 Å². The van der Waals surface area contributed by atoms with Gasteiger partial charge in [-0.15, -0.1) is 0 Å². The quantitative estimate of drug-likeness (QED) is 0.567. The Morgan fingerprint density at radius 1 is 0.875 bits per heavy atom. The maximum absolute atomic E-state index is 12.6. The smallest absolute Gasteiger partial charge is 0.340 e. The molecule has 166 valence electrons. The fourth-order valence-corrected chi connectivity index (χ4v) is 3.42. The summed E-state index contributed by atoms with van der Waals surface area (Å²) >= 11 is 0. The SMILES string of the molecule is O=C(OCC(=O)N1CCN(C(=O)c2ccco2)CC1)c1ccccc1NCc1ccco1. The van der Waals surface area contributed by atoms with Gasteiger partial charge in [0.25, 0.3) is 11.8 Å². The number of rotatable bonds is 7. The molecule has 9 heteroatoms. The van der Waals surface area contributed by atoms with Crippen LogP contribution in [0.1, 0.15) is 26.7 Å². The van der Waals surface area contributed by atoms with E-state index in [-0.39, 0.29) is 24.2 Å². The number of para-hydroxylation sites is 1. The van der Waals surface area contributed by atoms with Crippen LogP contribution in [0.3, 0.4) is 0 Å². The van der Waals surface area contributed by atoms with Gasteiger partial charge in [0.2, 0.25) is 0 Å². The van der Waals surface area contributed by atoms with E-state index in [0.29, 0.717) is 44.0 Å². The number of esters is 1. The zero-order valence-corrected chi connectivity index (χ0v) is 17.4. The van der Waals surface area contributed by atoms with Gasteiger partial charge in [0.15, 0.2) is 12.4 Å². The third kappa shape index (κ3) is 5.00. The first-order valence-corrected chi connectivity index (χ1v) is 10.2. The zero-order chi connectivity index (χ0) is 22.3. The van der Waals surface area contributed by atoms with Gasteiger partial charge in [-0.2, -0.15) is 0 Å². The van der Waals surface area contributed by atoms with Gasteiger partial charge in [0.05, 0.1) is 24.6 Å². The van der Waals surface area contributed by atoms with E-state index < -0.39 is 5.97 Å². The molecular weight excluding hydrogens is 414 g/mol. The highest BCUT2D eigenvalue weighted by molar-refractivity contribution is 5.96. The van der Waals surface area contributed by atoms with E-state index in [9.17, 15) is 14.4 Å². The number of hydrogen-bond donors (Lipinski definition) is 1. The van der Waals surface area contributed by atoms with Crippen molar-refractivity contribution in [1.29, 1.82) is 0 Å². The van der Waals surface area contributed by atoms with Gasteiger partial charge in [0.1, 0.15) is 5.76 Å². The van der Waals surface area contributed by atoms with Crippen molar-refractivity contribution >= 4 is 23.5 Å². The average molecular weight is 437 g/mol. The molecule has 1 saturated heterocycles. The van der Waals surface area contributed by atoms with Crippen molar-refractivity contribution in [2.75, 3.05) is 38.1 Å². The second-order valence-corrected chi connectivity index (χ2v) is 7.20. The van der Waals surface area contributed by atoms with Gasteiger partial charge in [0, 0.05) is 31.9 Å². The molecule has 0 saturated carbocycles. The first kappa shape index (κ1) is 21.2. The molecular formula is C23H23N3O6. The largest absolute Gasteiger partial charge is 0.467 e. The molecule has 1 aliphatic rings. The molecule has 1 N–H and O–H groups in total.